The highest BCUT2D eigenvalue weighted by molar-refractivity contribution is 6.16. The molecule has 1 aliphatic rings. The number of nitrogens with one attached hydrogen (secondary N) is 1. The maximum absolute atomic E-state index is 14.2. The molecule has 9 heteroatoms. The largest absolute Gasteiger partial charge is 0.496 e. The number of benzene rings is 2. The van der Waals surface area contributed by atoms with E-state index in [1.54, 1.807) is 43.3 Å². The molecule has 158 valence electrons. The first-order chi connectivity index (χ1) is 14.2. The molecular formula is C21H20F3N3O3. The highest BCUT2D eigenvalue weighted by Crippen LogP contribution is 2.39. The molecule has 0 bridgehead atoms. The van der Waals surface area contributed by atoms with Crippen LogP contribution in [0.5, 0.6) is 5.75 Å². The van der Waals surface area contributed by atoms with E-state index in [1.165, 1.54) is 25.3 Å². The summed E-state index contributed by atoms with van der Waals surface area (Å²) < 4.78 is 47.7. The van der Waals surface area contributed by atoms with Crippen molar-refractivity contribution >= 4 is 17.6 Å². The lowest BCUT2D eigenvalue weighted by Crippen LogP contribution is -2.63. The van der Waals surface area contributed by atoms with Gasteiger partial charge in [-0.3, -0.25) is 14.5 Å². The Kier molecular flexibility index (Phi) is 5.82. The number of hydrogen-bond donors (Lipinski definition) is 1. The van der Waals surface area contributed by atoms with Crippen molar-refractivity contribution in [3.63, 3.8) is 0 Å². The third-order valence-electron chi connectivity index (χ3n) is 4.62. The van der Waals surface area contributed by atoms with Crippen LogP contribution in [0.3, 0.4) is 0 Å². The molecule has 0 spiro atoms. The quantitative estimate of drug-likeness (QED) is 0.780. The molecule has 30 heavy (non-hydrogen) atoms. The Labute approximate surface area is 171 Å². The van der Waals surface area contributed by atoms with Gasteiger partial charge in [-0.15, -0.1) is 0 Å². The number of carbonyl (C=O) groups is 2. The number of ether oxygens (including phenoxy) is 1. The van der Waals surface area contributed by atoms with Crippen LogP contribution in [0.15, 0.2) is 59.6 Å². The van der Waals surface area contributed by atoms with E-state index >= 15 is 0 Å². The van der Waals surface area contributed by atoms with Crippen LogP contribution in [0.2, 0.25) is 0 Å². The fraction of sp³-hybridized carbons (Fsp3) is 0.286. The summed E-state index contributed by atoms with van der Waals surface area (Å²) in [4.78, 5) is 30.5. The molecular weight excluding hydrogens is 399 g/mol. The van der Waals surface area contributed by atoms with E-state index in [-0.39, 0.29) is 23.7 Å². The average molecular weight is 419 g/mol. The number of halogens is 3. The van der Waals surface area contributed by atoms with Crippen molar-refractivity contribution in [3.8, 4) is 5.75 Å². The van der Waals surface area contributed by atoms with E-state index < -0.39 is 23.7 Å². The smallest absolute Gasteiger partial charge is 0.442 e. The van der Waals surface area contributed by atoms with Crippen molar-refractivity contribution in [2.45, 2.75) is 25.2 Å². The van der Waals surface area contributed by atoms with E-state index in [0.717, 1.165) is 4.90 Å². The Morgan fingerprint density at radius 3 is 2.37 bits per heavy atom. The molecule has 6 nitrogen and oxygen atoms in total. The summed E-state index contributed by atoms with van der Waals surface area (Å²) in [6.07, 6.45) is -4.75. The van der Waals surface area contributed by atoms with E-state index in [9.17, 15) is 22.8 Å². The van der Waals surface area contributed by atoms with Crippen molar-refractivity contribution in [3.05, 3.63) is 65.7 Å². The summed E-state index contributed by atoms with van der Waals surface area (Å²) in [5.74, 6) is -2.53. The number of para-hydroxylation sites is 1. The van der Waals surface area contributed by atoms with Crippen LogP contribution in [0, 0.1) is 0 Å². The van der Waals surface area contributed by atoms with Crippen molar-refractivity contribution in [1.82, 2.24) is 10.2 Å². The molecule has 1 heterocycles. The van der Waals surface area contributed by atoms with Gasteiger partial charge in [0, 0.05) is 12.1 Å². The van der Waals surface area contributed by atoms with Crippen LogP contribution >= 0.6 is 0 Å². The lowest BCUT2D eigenvalue weighted by molar-refractivity contribution is -0.196. The Balaban J connectivity index is 2.11. The molecule has 0 aliphatic carbocycles. The number of hydrogen-bond acceptors (Lipinski definition) is 4. The molecule has 2 amide bonds. The second-order valence-corrected chi connectivity index (χ2v) is 6.62. The van der Waals surface area contributed by atoms with E-state index in [1.807, 2.05) is 5.32 Å². The van der Waals surface area contributed by atoms with Crippen molar-refractivity contribution in [1.29, 1.82) is 0 Å². The van der Waals surface area contributed by atoms with Gasteiger partial charge in [-0.05, 0) is 18.6 Å². The van der Waals surface area contributed by atoms with Crippen LogP contribution < -0.4 is 10.1 Å². The molecule has 1 aliphatic heterocycles. The molecule has 0 aromatic heterocycles. The van der Waals surface area contributed by atoms with Gasteiger partial charge in [0.1, 0.15) is 11.6 Å². The number of rotatable bonds is 6. The lowest BCUT2D eigenvalue weighted by Gasteiger charge is -2.29. The van der Waals surface area contributed by atoms with Gasteiger partial charge in [0.15, 0.2) is 0 Å². The zero-order valence-corrected chi connectivity index (χ0v) is 16.4. The molecule has 0 unspecified atom stereocenters. The van der Waals surface area contributed by atoms with Gasteiger partial charge < -0.3 is 10.1 Å². The zero-order valence-electron chi connectivity index (χ0n) is 16.4. The minimum atomic E-state index is -5.16. The van der Waals surface area contributed by atoms with Crippen LogP contribution in [0.25, 0.3) is 0 Å². The monoisotopic (exact) mass is 419 g/mol. The Bertz CT molecular complexity index is 976. The number of aliphatic imine (C=N–C) groups is 1. The summed E-state index contributed by atoms with van der Waals surface area (Å²) in [7, 11) is 1.29. The minimum Gasteiger partial charge on any atom is -0.496 e. The fourth-order valence-electron chi connectivity index (χ4n) is 3.20. The van der Waals surface area contributed by atoms with Gasteiger partial charge in [-0.1, -0.05) is 49.4 Å². The Hall–Kier alpha value is -3.36. The summed E-state index contributed by atoms with van der Waals surface area (Å²) in [5.41, 5.74) is -3.22. The molecule has 2 aromatic carbocycles. The number of alkyl halides is 3. The SMILES string of the molecule is CCCN1C(=O)[C@](NC(=O)c2ccccc2OC)(C(F)(F)F)N=C1c1ccccc1. The minimum absolute atomic E-state index is 0.0227. The fourth-order valence-corrected chi connectivity index (χ4v) is 3.20. The first-order valence-electron chi connectivity index (χ1n) is 9.24. The number of nitrogens with zero attached hydrogens (tertiary/aromatic N) is 2. The first kappa shape index (κ1) is 21.4. The van der Waals surface area contributed by atoms with Crippen molar-refractivity contribution in [2.75, 3.05) is 13.7 Å². The third kappa shape index (κ3) is 3.62. The van der Waals surface area contributed by atoms with Gasteiger partial charge in [-0.2, -0.15) is 13.2 Å². The second kappa shape index (κ2) is 8.17. The first-order valence-corrected chi connectivity index (χ1v) is 9.24. The lowest BCUT2D eigenvalue weighted by atomic mass is 10.1. The van der Waals surface area contributed by atoms with Crippen LogP contribution in [-0.4, -0.2) is 48.0 Å². The van der Waals surface area contributed by atoms with Crippen molar-refractivity contribution in [2.24, 2.45) is 4.99 Å². The van der Waals surface area contributed by atoms with Crippen molar-refractivity contribution < 1.29 is 27.5 Å². The Morgan fingerprint density at radius 1 is 1.13 bits per heavy atom. The predicted octanol–water partition coefficient (Wildman–Crippen LogP) is 3.38. The van der Waals surface area contributed by atoms with Crippen LogP contribution in [-0.2, 0) is 4.79 Å². The average Bonchev–Trinajstić information content (AvgIpc) is 3.02. The number of amides is 2. The number of carbonyl (C=O) groups excluding carboxylic acids is 2. The van der Waals surface area contributed by atoms with Gasteiger partial charge in [-0.25, -0.2) is 4.99 Å². The maximum atomic E-state index is 14.2. The van der Waals surface area contributed by atoms with E-state index in [2.05, 4.69) is 4.99 Å². The number of amidine groups is 1. The second-order valence-electron chi connectivity index (χ2n) is 6.62. The van der Waals surface area contributed by atoms with E-state index in [0.29, 0.717) is 12.0 Å². The highest BCUT2D eigenvalue weighted by Gasteiger charge is 2.67. The molecule has 1 N–H and O–H groups in total. The van der Waals surface area contributed by atoms with Gasteiger partial charge in [0.25, 0.3) is 11.8 Å². The standard InChI is InChI=1S/C21H20F3N3O3/c1-3-13-27-17(14-9-5-4-6-10-14)25-20(19(27)29,21(22,23)24)26-18(28)15-11-7-8-12-16(15)30-2/h4-12H,3,13H2,1-2H3,(H,26,28)/t20-/m0/s1. The molecule has 1 atom stereocenters. The molecule has 3 rings (SSSR count). The summed E-state index contributed by atoms with van der Waals surface area (Å²) >= 11 is 0. The molecule has 0 fully saturated rings. The topological polar surface area (TPSA) is 71.0 Å². The zero-order chi connectivity index (χ0) is 21.9. The summed E-state index contributed by atoms with van der Waals surface area (Å²) in [5, 5.41) is 1.84. The maximum Gasteiger partial charge on any atom is 0.442 e. The predicted molar refractivity (Wildman–Crippen MR) is 104 cm³/mol. The third-order valence-corrected chi connectivity index (χ3v) is 4.62. The van der Waals surface area contributed by atoms with Crippen LogP contribution in [0.4, 0.5) is 13.2 Å². The van der Waals surface area contributed by atoms with Crippen LogP contribution in [0.1, 0.15) is 29.3 Å². The summed E-state index contributed by atoms with van der Waals surface area (Å²) in [6, 6.07) is 13.9. The summed E-state index contributed by atoms with van der Waals surface area (Å²) in [6.45, 7) is 1.76. The molecule has 0 saturated carbocycles. The molecule has 2 aromatic rings. The van der Waals surface area contributed by atoms with E-state index in [4.69, 9.17) is 4.74 Å². The normalized spacial score (nSPS) is 18.9. The Morgan fingerprint density at radius 2 is 1.77 bits per heavy atom. The number of methoxy groups -OCH3 is 1. The molecule has 0 radical (unpaired) electrons. The van der Waals surface area contributed by atoms with Gasteiger partial charge in [0.2, 0.25) is 0 Å². The van der Waals surface area contributed by atoms with Gasteiger partial charge >= 0.3 is 11.8 Å². The highest BCUT2D eigenvalue weighted by atomic mass is 19.4. The molecule has 0 saturated heterocycles. The van der Waals surface area contributed by atoms with Gasteiger partial charge in [0.05, 0.1) is 12.7 Å².